The molecule has 1 atom stereocenters. The number of nitrogens with one attached hydrogen (secondary N) is 2. The van der Waals surface area contributed by atoms with Crippen molar-refractivity contribution in [3.8, 4) is 11.8 Å². The van der Waals surface area contributed by atoms with Crippen LogP contribution in [0.3, 0.4) is 0 Å². The lowest BCUT2D eigenvalue weighted by molar-refractivity contribution is -0.121. The average molecular weight is 182 g/mol. The van der Waals surface area contributed by atoms with Crippen LogP contribution < -0.4 is 10.6 Å². The molecular formula is C10H18N2O. The molecule has 3 nitrogen and oxygen atoms in total. The van der Waals surface area contributed by atoms with Crippen LogP contribution in [-0.4, -0.2) is 25.0 Å². The molecule has 0 aromatic carbocycles. The summed E-state index contributed by atoms with van der Waals surface area (Å²) in [5, 5.41) is 5.89. The van der Waals surface area contributed by atoms with Crippen molar-refractivity contribution in [1.82, 2.24) is 10.6 Å². The van der Waals surface area contributed by atoms with Gasteiger partial charge in [-0.1, -0.05) is 12.8 Å². The number of carbonyl (C=O) groups is 1. The van der Waals surface area contributed by atoms with Gasteiger partial charge in [-0.3, -0.25) is 4.79 Å². The average Bonchev–Trinajstić information content (AvgIpc) is 2.05. The number of amides is 1. The minimum atomic E-state index is 0.0520. The van der Waals surface area contributed by atoms with Crippen molar-refractivity contribution in [3.05, 3.63) is 0 Å². The number of rotatable bonds is 5. The maximum Gasteiger partial charge on any atom is 0.222 e. The summed E-state index contributed by atoms with van der Waals surface area (Å²) >= 11 is 0. The summed E-state index contributed by atoms with van der Waals surface area (Å²) in [7, 11) is 0. The van der Waals surface area contributed by atoms with Crippen LogP contribution >= 0.6 is 0 Å². The lowest BCUT2D eigenvalue weighted by atomic mass is 10.2. The van der Waals surface area contributed by atoms with E-state index in [0.29, 0.717) is 13.0 Å². The van der Waals surface area contributed by atoms with Gasteiger partial charge >= 0.3 is 0 Å². The normalized spacial score (nSPS) is 11.3. The third-order valence-corrected chi connectivity index (χ3v) is 1.59. The first-order valence-corrected chi connectivity index (χ1v) is 4.60. The molecule has 0 aromatic rings. The van der Waals surface area contributed by atoms with E-state index < -0.39 is 0 Å². The molecule has 0 aliphatic rings. The highest BCUT2D eigenvalue weighted by Gasteiger charge is 2.05. The summed E-state index contributed by atoms with van der Waals surface area (Å²) in [5.41, 5.74) is 0. The monoisotopic (exact) mass is 182 g/mol. The molecule has 0 spiro atoms. The lowest BCUT2D eigenvalue weighted by Crippen LogP contribution is -2.33. The Morgan fingerprint density at radius 3 is 2.77 bits per heavy atom. The lowest BCUT2D eigenvalue weighted by Gasteiger charge is -2.10. The second kappa shape index (κ2) is 7.63. The van der Waals surface area contributed by atoms with Gasteiger partial charge in [-0.25, -0.2) is 0 Å². The molecule has 0 saturated heterocycles. The van der Waals surface area contributed by atoms with Gasteiger partial charge < -0.3 is 10.6 Å². The van der Waals surface area contributed by atoms with Gasteiger partial charge in [0, 0.05) is 12.5 Å². The summed E-state index contributed by atoms with van der Waals surface area (Å²) in [5.74, 6) is 5.56. The van der Waals surface area contributed by atoms with Crippen LogP contribution in [0, 0.1) is 11.8 Å². The molecule has 3 heteroatoms. The highest BCUT2D eigenvalue weighted by molar-refractivity contribution is 5.76. The summed E-state index contributed by atoms with van der Waals surface area (Å²) in [4.78, 5) is 11.2. The Morgan fingerprint density at radius 2 is 2.23 bits per heavy atom. The zero-order valence-electron chi connectivity index (χ0n) is 8.61. The van der Waals surface area contributed by atoms with E-state index in [1.54, 1.807) is 6.92 Å². The standard InChI is InChI=1S/C10H18N2O/c1-4-6-7-12-10(13)8-9(3)11-5-2/h9,11H,5,7-8H2,1-3H3,(H,12,13). The summed E-state index contributed by atoms with van der Waals surface area (Å²) in [6.45, 7) is 7.12. The molecule has 1 amide bonds. The van der Waals surface area contributed by atoms with E-state index in [9.17, 15) is 4.79 Å². The molecule has 0 aliphatic carbocycles. The molecule has 1 unspecified atom stereocenters. The number of carbonyl (C=O) groups excluding carboxylic acids is 1. The Kier molecular flexibility index (Phi) is 7.04. The highest BCUT2D eigenvalue weighted by Crippen LogP contribution is 1.88. The summed E-state index contributed by atoms with van der Waals surface area (Å²) < 4.78 is 0. The molecule has 0 aromatic heterocycles. The fourth-order valence-electron chi connectivity index (χ4n) is 1.00. The Morgan fingerprint density at radius 1 is 1.54 bits per heavy atom. The van der Waals surface area contributed by atoms with Crippen LogP contribution in [0.15, 0.2) is 0 Å². The maximum atomic E-state index is 11.2. The second-order valence-corrected chi connectivity index (χ2v) is 2.87. The van der Waals surface area contributed by atoms with E-state index in [1.165, 1.54) is 0 Å². The molecule has 0 rings (SSSR count). The van der Waals surface area contributed by atoms with Crippen molar-refractivity contribution >= 4 is 5.91 Å². The smallest absolute Gasteiger partial charge is 0.222 e. The zero-order valence-corrected chi connectivity index (χ0v) is 8.61. The van der Waals surface area contributed by atoms with Crippen molar-refractivity contribution in [3.63, 3.8) is 0 Å². The number of hydrogen-bond donors (Lipinski definition) is 2. The minimum absolute atomic E-state index is 0.0520. The van der Waals surface area contributed by atoms with Crippen LogP contribution in [-0.2, 0) is 4.79 Å². The first-order chi connectivity index (χ1) is 6.20. The van der Waals surface area contributed by atoms with Gasteiger partial charge in [-0.2, -0.15) is 0 Å². The van der Waals surface area contributed by atoms with Gasteiger partial charge in [-0.15, -0.1) is 5.92 Å². The van der Waals surface area contributed by atoms with Crippen molar-refractivity contribution in [1.29, 1.82) is 0 Å². The van der Waals surface area contributed by atoms with Gasteiger partial charge in [0.2, 0.25) is 5.91 Å². The third-order valence-electron chi connectivity index (χ3n) is 1.59. The molecule has 0 saturated carbocycles. The summed E-state index contributed by atoms with van der Waals surface area (Å²) in [6, 6.07) is 0.236. The van der Waals surface area contributed by atoms with E-state index in [1.807, 2.05) is 13.8 Å². The van der Waals surface area contributed by atoms with Crippen LogP contribution in [0.1, 0.15) is 27.2 Å². The van der Waals surface area contributed by atoms with E-state index in [2.05, 4.69) is 22.5 Å². The fraction of sp³-hybridized carbons (Fsp3) is 0.700. The van der Waals surface area contributed by atoms with Gasteiger partial charge in [-0.05, 0) is 20.4 Å². The predicted octanol–water partition coefficient (Wildman–Crippen LogP) is 0.514. The molecular weight excluding hydrogens is 164 g/mol. The third kappa shape index (κ3) is 7.35. The largest absolute Gasteiger partial charge is 0.345 e. The van der Waals surface area contributed by atoms with Crippen molar-refractivity contribution in [2.45, 2.75) is 33.2 Å². The molecule has 0 aliphatic heterocycles. The van der Waals surface area contributed by atoms with Gasteiger partial charge in [0.25, 0.3) is 0 Å². The Balaban J connectivity index is 3.53. The van der Waals surface area contributed by atoms with E-state index in [-0.39, 0.29) is 11.9 Å². The predicted molar refractivity (Wildman–Crippen MR) is 54.2 cm³/mol. The van der Waals surface area contributed by atoms with Crippen LogP contribution in [0.4, 0.5) is 0 Å². The molecule has 74 valence electrons. The SMILES string of the molecule is CC#CCNC(=O)CC(C)NCC. The Bertz CT molecular complexity index is 203. The summed E-state index contributed by atoms with van der Waals surface area (Å²) in [6.07, 6.45) is 0.513. The second-order valence-electron chi connectivity index (χ2n) is 2.87. The van der Waals surface area contributed by atoms with Crippen molar-refractivity contribution < 1.29 is 4.79 Å². The van der Waals surface area contributed by atoms with E-state index >= 15 is 0 Å². The first kappa shape index (κ1) is 12.0. The van der Waals surface area contributed by atoms with E-state index in [0.717, 1.165) is 6.54 Å². The quantitative estimate of drug-likeness (QED) is 0.608. The topological polar surface area (TPSA) is 41.1 Å². The van der Waals surface area contributed by atoms with Gasteiger partial charge in [0.05, 0.1) is 6.54 Å². The van der Waals surface area contributed by atoms with Crippen LogP contribution in [0.25, 0.3) is 0 Å². The molecule has 0 bridgehead atoms. The van der Waals surface area contributed by atoms with Crippen LogP contribution in [0.5, 0.6) is 0 Å². The van der Waals surface area contributed by atoms with Gasteiger partial charge in [0.15, 0.2) is 0 Å². The van der Waals surface area contributed by atoms with Crippen molar-refractivity contribution in [2.75, 3.05) is 13.1 Å². The Hall–Kier alpha value is -1.01. The Labute approximate surface area is 80.3 Å². The molecule has 0 radical (unpaired) electrons. The van der Waals surface area contributed by atoms with Crippen LogP contribution in [0.2, 0.25) is 0 Å². The van der Waals surface area contributed by atoms with Gasteiger partial charge in [0.1, 0.15) is 0 Å². The molecule has 13 heavy (non-hydrogen) atoms. The minimum Gasteiger partial charge on any atom is -0.345 e. The first-order valence-electron chi connectivity index (χ1n) is 4.60. The zero-order chi connectivity index (χ0) is 10.1. The molecule has 0 heterocycles. The maximum absolute atomic E-state index is 11.2. The molecule has 0 fully saturated rings. The number of hydrogen-bond acceptors (Lipinski definition) is 2. The van der Waals surface area contributed by atoms with Crippen molar-refractivity contribution in [2.24, 2.45) is 0 Å². The van der Waals surface area contributed by atoms with E-state index in [4.69, 9.17) is 0 Å². The highest BCUT2D eigenvalue weighted by atomic mass is 16.1. The fourth-order valence-corrected chi connectivity index (χ4v) is 1.00. The molecule has 2 N–H and O–H groups in total.